The van der Waals surface area contributed by atoms with Crippen molar-refractivity contribution in [3.8, 4) is 0 Å². The lowest BCUT2D eigenvalue weighted by Crippen LogP contribution is -2.15. The molecule has 7 heteroatoms. The maximum Gasteiger partial charge on any atom is 0.276 e. The highest BCUT2D eigenvalue weighted by Crippen LogP contribution is 2.15. The molecule has 3 aromatic rings. The number of aryl methyl sites for hydroxylation is 1. The molecule has 1 heterocycles. The zero-order valence-electron chi connectivity index (χ0n) is 15.7. The fraction of sp³-hybridized carbons (Fsp3) is 0.143. The van der Waals surface area contributed by atoms with Crippen LogP contribution in [0.1, 0.15) is 28.5 Å². The number of carbonyl (C=O) groups is 2. The van der Waals surface area contributed by atoms with Crippen molar-refractivity contribution < 1.29 is 9.59 Å². The third-order valence-corrected chi connectivity index (χ3v) is 4.08. The Morgan fingerprint density at radius 2 is 1.54 bits per heavy atom. The third kappa shape index (κ3) is 5.14. The molecule has 28 heavy (non-hydrogen) atoms. The van der Waals surface area contributed by atoms with Crippen molar-refractivity contribution in [2.45, 2.75) is 20.4 Å². The highest BCUT2D eigenvalue weighted by molar-refractivity contribution is 6.03. The number of aromatic nitrogens is 2. The second kappa shape index (κ2) is 8.77. The Morgan fingerprint density at radius 1 is 0.857 bits per heavy atom. The first kappa shape index (κ1) is 19.0. The lowest BCUT2D eigenvalue weighted by molar-refractivity contribution is -0.114. The van der Waals surface area contributed by atoms with Gasteiger partial charge >= 0.3 is 0 Å². The second-order valence-electron chi connectivity index (χ2n) is 6.30. The molecule has 0 aliphatic heterocycles. The number of nitrogens with zero attached hydrogens (tertiary/aromatic N) is 2. The van der Waals surface area contributed by atoms with Gasteiger partial charge in [0.25, 0.3) is 5.91 Å². The van der Waals surface area contributed by atoms with Crippen LogP contribution in [-0.2, 0) is 11.3 Å². The first-order chi connectivity index (χ1) is 13.5. The highest BCUT2D eigenvalue weighted by Gasteiger charge is 2.09. The van der Waals surface area contributed by atoms with Gasteiger partial charge in [0.2, 0.25) is 5.91 Å². The zero-order valence-corrected chi connectivity index (χ0v) is 15.7. The average Bonchev–Trinajstić information content (AvgIpc) is 2.69. The molecule has 0 aliphatic rings. The van der Waals surface area contributed by atoms with Crippen molar-refractivity contribution in [1.82, 2.24) is 10.2 Å². The van der Waals surface area contributed by atoms with Gasteiger partial charge in [-0.2, -0.15) is 0 Å². The fourth-order valence-corrected chi connectivity index (χ4v) is 2.58. The van der Waals surface area contributed by atoms with Gasteiger partial charge in [0.05, 0.1) is 0 Å². The monoisotopic (exact) mass is 375 g/mol. The Morgan fingerprint density at radius 3 is 2.14 bits per heavy atom. The van der Waals surface area contributed by atoms with E-state index in [2.05, 4.69) is 45.2 Å². The Labute approximate surface area is 163 Å². The summed E-state index contributed by atoms with van der Waals surface area (Å²) in [5, 5.41) is 16.7. The largest absolute Gasteiger partial charge is 0.364 e. The third-order valence-electron chi connectivity index (χ3n) is 4.08. The van der Waals surface area contributed by atoms with Gasteiger partial charge in [-0.1, -0.05) is 24.3 Å². The molecule has 0 fully saturated rings. The number of benzene rings is 2. The van der Waals surface area contributed by atoms with Gasteiger partial charge in [-0.25, -0.2) is 0 Å². The molecule has 0 spiro atoms. The van der Waals surface area contributed by atoms with E-state index in [0.717, 1.165) is 0 Å². The maximum atomic E-state index is 12.3. The van der Waals surface area contributed by atoms with Crippen LogP contribution in [0.4, 0.5) is 17.2 Å². The summed E-state index contributed by atoms with van der Waals surface area (Å²) in [5.41, 5.74) is 3.85. The Kier molecular flexibility index (Phi) is 5.96. The van der Waals surface area contributed by atoms with E-state index in [-0.39, 0.29) is 17.5 Å². The quantitative estimate of drug-likeness (QED) is 0.612. The fourth-order valence-electron chi connectivity index (χ4n) is 2.58. The van der Waals surface area contributed by atoms with E-state index < -0.39 is 0 Å². The van der Waals surface area contributed by atoms with E-state index in [1.165, 1.54) is 18.1 Å². The number of hydrogen-bond donors (Lipinski definition) is 3. The Balaban J connectivity index is 1.57. The zero-order chi connectivity index (χ0) is 19.9. The molecule has 0 saturated carbocycles. The van der Waals surface area contributed by atoms with E-state index in [0.29, 0.717) is 23.7 Å². The van der Waals surface area contributed by atoms with Gasteiger partial charge in [0.1, 0.15) is 5.82 Å². The van der Waals surface area contributed by atoms with E-state index in [9.17, 15) is 9.59 Å². The van der Waals surface area contributed by atoms with E-state index in [4.69, 9.17) is 0 Å². The number of rotatable bonds is 6. The summed E-state index contributed by atoms with van der Waals surface area (Å²) in [5.74, 6) is 0.0906. The lowest BCUT2D eigenvalue weighted by atomic mass is 10.1. The minimum absolute atomic E-state index is 0.150. The summed E-state index contributed by atoms with van der Waals surface area (Å²) in [6.45, 7) is 4.13. The average molecular weight is 375 g/mol. The van der Waals surface area contributed by atoms with Crippen LogP contribution in [0.3, 0.4) is 0 Å². The Hall–Kier alpha value is -3.74. The topological polar surface area (TPSA) is 96.0 Å². The summed E-state index contributed by atoms with van der Waals surface area (Å²) < 4.78 is 0. The summed E-state index contributed by atoms with van der Waals surface area (Å²) in [4.78, 5) is 23.3. The van der Waals surface area contributed by atoms with Gasteiger partial charge in [0.15, 0.2) is 5.69 Å². The SMILES string of the molecule is CC(=O)Nc1ccc(NC(=O)c2ccc(NCc3ccccc3C)nn2)cc1. The van der Waals surface area contributed by atoms with Crippen LogP contribution in [0.15, 0.2) is 60.7 Å². The van der Waals surface area contributed by atoms with Gasteiger partial charge in [-0.3, -0.25) is 9.59 Å². The minimum Gasteiger partial charge on any atom is -0.364 e. The van der Waals surface area contributed by atoms with Gasteiger partial charge in [-0.15, -0.1) is 10.2 Å². The van der Waals surface area contributed by atoms with Crippen LogP contribution in [0, 0.1) is 6.92 Å². The summed E-state index contributed by atoms with van der Waals surface area (Å²) in [6, 6.07) is 18.3. The molecule has 3 rings (SSSR count). The molecule has 142 valence electrons. The number of anilines is 3. The van der Waals surface area contributed by atoms with Crippen LogP contribution in [0.25, 0.3) is 0 Å². The molecule has 0 atom stereocenters. The van der Waals surface area contributed by atoms with Gasteiger partial charge in [-0.05, 0) is 54.4 Å². The summed E-state index contributed by atoms with van der Waals surface area (Å²) in [6.07, 6.45) is 0. The molecular weight excluding hydrogens is 354 g/mol. The molecule has 2 amide bonds. The van der Waals surface area contributed by atoms with Crippen molar-refractivity contribution >= 4 is 29.0 Å². The normalized spacial score (nSPS) is 10.2. The van der Waals surface area contributed by atoms with Crippen molar-refractivity contribution in [3.63, 3.8) is 0 Å². The standard InChI is InChI=1S/C21H21N5O2/c1-14-5-3-4-6-16(14)13-22-20-12-11-19(25-26-20)21(28)24-18-9-7-17(8-10-18)23-15(2)27/h3-12H,13H2,1-2H3,(H,22,26)(H,23,27)(H,24,28). The molecule has 0 radical (unpaired) electrons. The second-order valence-corrected chi connectivity index (χ2v) is 6.30. The number of nitrogens with one attached hydrogen (secondary N) is 3. The van der Waals surface area contributed by atoms with Crippen molar-refractivity contribution in [1.29, 1.82) is 0 Å². The maximum absolute atomic E-state index is 12.3. The minimum atomic E-state index is -0.356. The molecule has 1 aromatic heterocycles. The van der Waals surface area contributed by atoms with E-state index in [1.54, 1.807) is 36.4 Å². The predicted molar refractivity (Wildman–Crippen MR) is 109 cm³/mol. The molecule has 0 saturated heterocycles. The van der Waals surface area contributed by atoms with E-state index >= 15 is 0 Å². The van der Waals surface area contributed by atoms with Crippen molar-refractivity contribution in [3.05, 3.63) is 77.5 Å². The van der Waals surface area contributed by atoms with Crippen molar-refractivity contribution in [2.24, 2.45) is 0 Å². The highest BCUT2D eigenvalue weighted by atomic mass is 16.2. The molecule has 0 bridgehead atoms. The van der Waals surface area contributed by atoms with Crippen LogP contribution in [-0.4, -0.2) is 22.0 Å². The molecular formula is C21H21N5O2. The first-order valence-electron chi connectivity index (χ1n) is 8.82. The summed E-state index contributed by atoms with van der Waals surface area (Å²) >= 11 is 0. The molecule has 0 aliphatic carbocycles. The smallest absolute Gasteiger partial charge is 0.276 e. The van der Waals surface area contributed by atoms with Crippen LogP contribution < -0.4 is 16.0 Å². The molecule has 7 nitrogen and oxygen atoms in total. The number of hydrogen-bond acceptors (Lipinski definition) is 5. The van der Waals surface area contributed by atoms with E-state index in [1.807, 2.05) is 12.1 Å². The Bertz CT molecular complexity index is 969. The van der Waals surface area contributed by atoms with Crippen LogP contribution >= 0.6 is 0 Å². The van der Waals surface area contributed by atoms with Gasteiger partial charge < -0.3 is 16.0 Å². The number of amides is 2. The van der Waals surface area contributed by atoms with Gasteiger partial charge in [0, 0.05) is 24.8 Å². The van der Waals surface area contributed by atoms with Crippen LogP contribution in [0.5, 0.6) is 0 Å². The molecule has 3 N–H and O–H groups in total. The lowest BCUT2D eigenvalue weighted by Gasteiger charge is -2.09. The molecule has 0 unspecified atom stereocenters. The number of carbonyl (C=O) groups excluding carboxylic acids is 2. The first-order valence-corrected chi connectivity index (χ1v) is 8.82. The van der Waals surface area contributed by atoms with Crippen molar-refractivity contribution in [2.75, 3.05) is 16.0 Å². The molecule has 2 aromatic carbocycles. The summed E-state index contributed by atoms with van der Waals surface area (Å²) in [7, 11) is 0. The predicted octanol–water partition coefficient (Wildman–Crippen LogP) is 3.61. The van der Waals surface area contributed by atoms with Crippen LogP contribution in [0.2, 0.25) is 0 Å².